The molecule has 0 saturated carbocycles. The van der Waals surface area contributed by atoms with Crippen molar-refractivity contribution in [1.29, 1.82) is 0 Å². The molecule has 0 aromatic carbocycles. The van der Waals surface area contributed by atoms with E-state index in [-0.39, 0.29) is 0 Å². The Kier molecular flexibility index (Phi) is 4.98. The van der Waals surface area contributed by atoms with Gasteiger partial charge < -0.3 is 5.73 Å². The van der Waals surface area contributed by atoms with Crippen molar-refractivity contribution in [1.82, 2.24) is 8.61 Å². The SMILES string of the molecule is CCN(CCCN)S(=O)(=O)N1CCCC1. The van der Waals surface area contributed by atoms with E-state index in [1.807, 2.05) is 6.92 Å². The van der Waals surface area contributed by atoms with Gasteiger partial charge in [0.05, 0.1) is 0 Å². The highest BCUT2D eigenvalue weighted by atomic mass is 32.2. The fourth-order valence-corrected chi connectivity index (χ4v) is 3.52. The fraction of sp³-hybridized carbons (Fsp3) is 1.00. The third kappa shape index (κ3) is 3.14. The topological polar surface area (TPSA) is 66.6 Å². The van der Waals surface area contributed by atoms with Crippen LogP contribution in [0.4, 0.5) is 0 Å². The third-order valence-electron chi connectivity index (χ3n) is 2.68. The molecule has 15 heavy (non-hydrogen) atoms. The minimum Gasteiger partial charge on any atom is -0.330 e. The fourth-order valence-electron chi connectivity index (χ4n) is 1.79. The first-order valence-electron chi connectivity index (χ1n) is 5.58. The predicted molar refractivity (Wildman–Crippen MR) is 60.6 cm³/mol. The Morgan fingerprint density at radius 2 is 1.93 bits per heavy atom. The number of nitrogens with zero attached hydrogens (tertiary/aromatic N) is 2. The molecule has 0 aromatic heterocycles. The van der Waals surface area contributed by atoms with Gasteiger partial charge in [-0.3, -0.25) is 0 Å². The zero-order valence-corrected chi connectivity index (χ0v) is 10.2. The number of rotatable bonds is 6. The number of nitrogens with two attached hydrogens (primary N) is 1. The van der Waals surface area contributed by atoms with Crippen molar-refractivity contribution in [3.63, 3.8) is 0 Å². The van der Waals surface area contributed by atoms with E-state index in [9.17, 15) is 8.42 Å². The molecule has 1 rings (SSSR count). The van der Waals surface area contributed by atoms with Crippen LogP contribution in [0.3, 0.4) is 0 Å². The van der Waals surface area contributed by atoms with Gasteiger partial charge in [0, 0.05) is 26.2 Å². The molecule has 6 heteroatoms. The molecule has 1 aliphatic rings. The maximum Gasteiger partial charge on any atom is 0.281 e. The van der Waals surface area contributed by atoms with Crippen molar-refractivity contribution < 1.29 is 8.42 Å². The van der Waals surface area contributed by atoms with E-state index >= 15 is 0 Å². The summed E-state index contributed by atoms with van der Waals surface area (Å²) < 4.78 is 27.3. The lowest BCUT2D eigenvalue weighted by Crippen LogP contribution is -2.43. The monoisotopic (exact) mass is 235 g/mol. The Morgan fingerprint density at radius 3 is 2.40 bits per heavy atom. The van der Waals surface area contributed by atoms with E-state index in [0.717, 1.165) is 19.3 Å². The third-order valence-corrected chi connectivity index (χ3v) is 4.79. The van der Waals surface area contributed by atoms with Crippen molar-refractivity contribution in [2.75, 3.05) is 32.7 Å². The van der Waals surface area contributed by atoms with Gasteiger partial charge in [0.2, 0.25) is 0 Å². The summed E-state index contributed by atoms with van der Waals surface area (Å²) in [6, 6.07) is 0. The quantitative estimate of drug-likeness (QED) is 0.704. The second-order valence-corrected chi connectivity index (χ2v) is 5.68. The summed E-state index contributed by atoms with van der Waals surface area (Å²) >= 11 is 0. The van der Waals surface area contributed by atoms with E-state index in [0.29, 0.717) is 32.7 Å². The molecule has 0 aliphatic carbocycles. The first kappa shape index (κ1) is 12.9. The molecule has 1 aliphatic heterocycles. The van der Waals surface area contributed by atoms with Crippen LogP contribution in [0.1, 0.15) is 26.2 Å². The van der Waals surface area contributed by atoms with Crippen LogP contribution >= 0.6 is 0 Å². The second-order valence-electron chi connectivity index (χ2n) is 3.75. The average Bonchev–Trinajstić information content (AvgIpc) is 2.72. The smallest absolute Gasteiger partial charge is 0.281 e. The summed E-state index contributed by atoms with van der Waals surface area (Å²) in [5, 5.41) is 0. The molecule has 0 atom stereocenters. The Bertz CT molecular complexity index is 273. The zero-order valence-electron chi connectivity index (χ0n) is 9.35. The highest BCUT2D eigenvalue weighted by Gasteiger charge is 2.30. The number of hydrogen-bond donors (Lipinski definition) is 1. The van der Waals surface area contributed by atoms with Crippen LogP contribution in [0, 0.1) is 0 Å². The van der Waals surface area contributed by atoms with Gasteiger partial charge in [0.1, 0.15) is 0 Å². The molecule has 1 heterocycles. The summed E-state index contributed by atoms with van der Waals surface area (Å²) in [5.74, 6) is 0. The van der Waals surface area contributed by atoms with Gasteiger partial charge in [0.25, 0.3) is 10.2 Å². The van der Waals surface area contributed by atoms with Crippen LogP contribution in [0.5, 0.6) is 0 Å². The molecule has 0 spiro atoms. The highest BCUT2D eigenvalue weighted by molar-refractivity contribution is 7.86. The molecule has 0 amide bonds. The van der Waals surface area contributed by atoms with Gasteiger partial charge in [0.15, 0.2) is 0 Å². The first-order valence-corrected chi connectivity index (χ1v) is 6.98. The van der Waals surface area contributed by atoms with Crippen molar-refractivity contribution in [3.8, 4) is 0 Å². The van der Waals surface area contributed by atoms with Crippen molar-refractivity contribution in [2.45, 2.75) is 26.2 Å². The van der Waals surface area contributed by atoms with E-state index in [1.54, 1.807) is 4.31 Å². The lowest BCUT2D eigenvalue weighted by Gasteiger charge is -2.25. The second kappa shape index (κ2) is 5.79. The van der Waals surface area contributed by atoms with Crippen LogP contribution in [0.25, 0.3) is 0 Å². The van der Waals surface area contributed by atoms with Crippen LogP contribution < -0.4 is 5.73 Å². The molecule has 0 radical (unpaired) electrons. The molecule has 2 N–H and O–H groups in total. The molecule has 0 aromatic rings. The van der Waals surface area contributed by atoms with Gasteiger partial charge in [-0.05, 0) is 25.8 Å². The standard InChI is InChI=1S/C9H21N3O2S/c1-2-11(9-5-6-10)15(13,14)12-7-3-4-8-12/h2-10H2,1H3. The Morgan fingerprint density at radius 1 is 1.33 bits per heavy atom. The molecule has 0 bridgehead atoms. The predicted octanol–water partition coefficient (Wildman–Crippen LogP) is -0.00230. The summed E-state index contributed by atoms with van der Waals surface area (Å²) in [4.78, 5) is 0. The minimum absolute atomic E-state index is 0.527. The van der Waals surface area contributed by atoms with Crippen LogP contribution in [0.15, 0.2) is 0 Å². The summed E-state index contributed by atoms with van der Waals surface area (Å²) in [5.41, 5.74) is 5.39. The average molecular weight is 235 g/mol. The van der Waals surface area contributed by atoms with Crippen molar-refractivity contribution in [3.05, 3.63) is 0 Å². The van der Waals surface area contributed by atoms with Gasteiger partial charge in [-0.25, -0.2) is 0 Å². The Hall–Kier alpha value is -0.170. The lowest BCUT2D eigenvalue weighted by molar-refractivity contribution is 0.367. The highest BCUT2D eigenvalue weighted by Crippen LogP contribution is 2.16. The lowest BCUT2D eigenvalue weighted by atomic mass is 10.4. The van der Waals surface area contributed by atoms with E-state index in [4.69, 9.17) is 5.73 Å². The summed E-state index contributed by atoms with van der Waals surface area (Å²) in [6.45, 7) is 4.80. The van der Waals surface area contributed by atoms with Gasteiger partial charge in [-0.2, -0.15) is 17.0 Å². The maximum atomic E-state index is 12.1. The Balaban J connectivity index is 2.63. The van der Waals surface area contributed by atoms with Crippen molar-refractivity contribution in [2.24, 2.45) is 5.73 Å². The molecule has 0 unspecified atom stereocenters. The summed E-state index contributed by atoms with van der Waals surface area (Å²) in [7, 11) is -3.21. The minimum atomic E-state index is -3.21. The summed E-state index contributed by atoms with van der Waals surface area (Å²) in [6.07, 6.45) is 2.68. The molecule has 1 saturated heterocycles. The largest absolute Gasteiger partial charge is 0.330 e. The maximum absolute atomic E-state index is 12.1. The van der Waals surface area contributed by atoms with Crippen molar-refractivity contribution >= 4 is 10.2 Å². The van der Waals surface area contributed by atoms with E-state index in [1.165, 1.54) is 4.31 Å². The van der Waals surface area contributed by atoms with E-state index < -0.39 is 10.2 Å². The molecule has 5 nitrogen and oxygen atoms in total. The molecular formula is C9H21N3O2S. The molecule has 1 fully saturated rings. The zero-order chi connectivity index (χ0) is 11.3. The van der Waals surface area contributed by atoms with E-state index in [2.05, 4.69) is 0 Å². The Labute approximate surface area is 92.4 Å². The first-order chi connectivity index (χ1) is 7.12. The number of hydrogen-bond acceptors (Lipinski definition) is 3. The van der Waals surface area contributed by atoms with Gasteiger partial charge in [-0.1, -0.05) is 6.92 Å². The van der Waals surface area contributed by atoms with Gasteiger partial charge in [-0.15, -0.1) is 0 Å². The van der Waals surface area contributed by atoms with Gasteiger partial charge >= 0.3 is 0 Å². The van der Waals surface area contributed by atoms with Crippen LogP contribution in [-0.2, 0) is 10.2 Å². The van der Waals surface area contributed by atoms with Crippen LogP contribution in [-0.4, -0.2) is 49.8 Å². The molecule has 90 valence electrons. The molecular weight excluding hydrogens is 214 g/mol. The normalized spacial score (nSPS) is 18.9. The van der Waals surface area contributed by atoms with Crippen LogP contribution in [0.2, 0.25) is 0 Å².